The Morgan fingerprint density at radius 1 is 1.00 bits per heavy atom. The highest BCUT2D eigenvalue weighted by molar-refractivity contribution is 7.99. The zero-order valence-corrected chi connectivity index (χ0v) is 14.0. The van der Waals surface area contributed by atoms with Gasteiger partial charge >= 0.3 is 0 Å². The van der Waals surface area contributed by atoms with Crippen LogP contribution in [0.1, 0.15) is 0 Å². The summed E-state index contributed by atoms with van der Waals surface area (Å²) in [5.74, 6) is -0.957. The molecule has 0 aliphatic heterocycles. The normalized spacial score (nSPS) is 10.4. The monoisotopic (exact) mass is 354 g/mol. The molecule has 4 nitrogen and oxygen atoms in total. The van der Waals surface area contributed by atoms with Crippen molar-refractivity contribution < 1.29 is 9.18 Å². The number of carbonyl (C=O) groups is 1. The van der Waals surface area contributed by atoms with Gasteiger partial charge < -0.3 is 9.88 Å². The second-order valence-electron chi connectivity index (χ2n) is 5.27. The highest BCUT2D eigenvalue weighted by Crippen LogP contribution is 2.33. The van der Waals surface area contributed by atoms with Crippen molar-refractivity contribution >= 4 is 23.4 Å². The lowest BCUT2D eigenvalue weighted by Crippen LogP contribution is -2.27. The summed E-state index contributed by atoms with van der Waals surface area (Å²) in [5.41, 5.74) is 0.217. The molecular formula is C19H15FN2O2S. The second kappa shape index (κ2) is 7.81. The van der Waals surface area contributed by atoms with E-state index < -0.39 is 17.3 Å². The first-order valence-corrected chi connectivity index (χ1v) is 8.41. The van der Waals surface area contributed by atoms with Crippen molar-refractivity contribution in [2.45, 2.75) is 16.3 Å². The Bertz CT molecular complexity index is 941. The molecule has 0 unspecified atom stereocenters. The summed E-state index contributed by atoms with van der Waals surface area (Å²) in [7, 11) is 0. The third-order valence-corrected chi connectivity index (χ3v) is 4.48. The Labute approximate surface area is 148 Å². The molecule has 0 radical (unpaired) electrons. The molecule has 6 heteroatoms. The van der Waals surface area contributed by atoms with E-state index >= 15 is 0 Å². The molecule has 0 atom stereocenters. The number of nitrogens with one attached hydrogen (secondary N) is 1. The predicted molar refractivity (Wildman–Crippen MR) is 96.3 cm³/mol. The minimum absolute atomic E-state index is 0.249. The molecule has 25 heavy (non-hydrogen) atoms. The predicted octanol–water partition coefficient (Wildman–Crippen LogP) is 3.78. The van der Waals surface area contributed by atoms with E-state index in [9.17, 15) is 14.0 Å². The highest BCUT2D eigenvalue weighted by Gasteiger charge is 2.09. The molecule has 0 fully saturated rings. The minimum atomic E-state index is -0.563. The van der Waals surface area contributed by atoms with E-state index in [0.29, 0.717) is 5.69 Å². The molecule has 0 bridgehead atoms. The first kappa shape index (κ1) is 17.0. The average molecular weight is 354 g/mol. The smallest absolute Gasteiger partial charge is 0.251 e. The van der Waals surface area contributed by atoms with Crippen LogP contribution in [0.4, 0.5) is 10.1 Å². The topological polar surface area (TPSA) is 51.1 Å². The summed E-state index contributed by atoms with van der Waals surface area (Å²) in [4.78, 5) is 25.9. The summed E-state index contributed by atoms with van der Waals surface area (Å²) in [6, 6.07) is 19.4. The lowest BCUT2D eigenvalue weighted by atomic mass is 10.3. The molecule has 1 heterocycles. The number of carbonyl (C=O) groups excluding carboxylic acids is 1. The average Bonchev–Trinajstić information content (AvgIpc) is 2.61. The van der Waals surface area contributed by atoms with Crippen LogP contribution in [0.25, 0.3) is 0 Å². The molecule has 1 amide bonds. The zero-order chi connectivity index (χ0) is 17.6. The number of nitrogens with zero attached hydrogens (tertiary/aromatic N) is 1. The van der Waals surface area contributed by atoms with Gasteiger partial charge in [-0.15, -0.1) is 0 Å². The number of hydrogen-bond donors (Lipinski definition) is 1. The summed E-state index contributed by atoms with van der Waals surface area (Å²) in [6.07, 6.45) is 1.02. The van der Waals surface area contributed by atoms with Gasteiger partial charge in [0.05, 0.1) is 5.69 Å². The van der Waals surface area contributed by atoms with Gasteiger partial charge in [-0.2, -0.15) is 0 Å². The van der Waals surface area contributed by atoms with Crippen molar-refractivity contribution in [1.29, 1.82) is 0 Å². The fourth-order valence-electron chi connectivity index (χ4n) is 2.24. The molecule has 0 saturated heterocycles. The maximum atomic E-state index is 13.2. The van der Waals surface area contributed by atoms with E-state index in [2.05, 4.69) is 5.32 Å². The third-order valence-electron chi connectivity index (χ3n) is 3.39. The van der Waals surface area contributed by atoms with Crippen molar-refractivity contribution in [3.8, 4) is 0 Å². The van der Waals surface area contributed by atoms with E-state index in [1.54, 1.807) is 6.07 Å². The molecule has 1 aromatic heterocycles. The van der Waals surface area contributed by atoms with Gasteiger partial charge in [0.1, 0.15) is 12.4 Å². The van der Waals surface area contributed by atoms with Crippen molar-refractivity contribution in [2.75, 3.05) is 5.32 Å². The molecule has 3 rings (SSSR count). The van der Waals surface area contributed by atoms with Gasteiger partial charge in [0.2, 0.25) is 5.91 Å². The highest BCUT2D eigenvalue weighted by atomic mass is 32.2. The molecule has 0 saturated carbocycles. The SMILES string of the molecule is O=C(Cn1cc(F)ccc1=O)Nc1ccccc1Sc1ccccc1. The Morgan fingerprint density at radius 2 is 1.72 bits per heavy atom. The maximum absolute atomic E-state index is 13.2. The Kier molecular flexibility index (Phi) is 5.30. The van der Waals surface area contributed by atoms with E-state index in [4.69, 9.17) is 0 Å². The molecular weight excluding hydrogens is 339 g/mol. The number of para-hydroxylation sites is 1. The van der Waals surface area contributed by atoms with Crippen LogP contribution in [0, 0.1) is 5.82 Å². The quantitative estimate of drug-likeness (QED) is 0.759. The van der Waals surface area contributed by atoms with Gasteiger partial charge in [-0.05, 0) is 30.3 Å². The Balaban J connectivity index is 1.75. The van der Waals surface area contributed by atoms with Gasteiger partial charge in [0, 0.05) is 22.1 Å². The maximum Gasteiger partial charge on any atom is 0.251 e. The fraction of sp³-hybridized carbons (Fsp3) is 0.0526. The van der Waals surface area contributed by atoms with E-state index in [0.717, 1.165) is 32.7 Å². The summed E-state index contributed by atoms with van der Waals surface area (Å²) in [5, 5.41) is 2.78. The van der Waals surface area contributed by atoms with Crippen molar-refractivity contribution in [2.24, 2.45) is 0 Å². The summed E-state index contributed by atoms with van der Waals surface area (Å²) >= 11 is 1.52. The van der Waals surface area contributed by atoms with Crippen LogP contribution < -0.4 is 10.9 Å². The van der Waals surface area contributed by atoms with Gasteiger partial charge in [0.15, 0.2) is 0 Å². The second-order valence-corrected chi connectivity index (χ2v) is 6.39. The molecule has 0 aliphatic carbocycles. The summed E-state index contributed by atoms with van der Waals surface area (Å²) < 4.78 is 14.3. The van der Waals surface area contributed by atoms with Crippen molar-refractivity contribution in [3.63, 3.8) is 0 Å². The molecule has 2 aromatic carbocycles. The van der Waals surface area contributed by atoms with Gasteiger partial charge in [-0.1, -0.05) is 42.1 Å². The van der Waals surface area contributed by atoms with E-state index in [1.165, 1.54) is 11.8 Å². The zero-order valence-electron chi connectivity index (χ0n) is 13.2. The number of aromatic nitrogens is 1. The van der Waals surface area contributed by atoms with Gasteiger partial charge in [-0.3, -0.25) is 9.59 Å². The number of anilines is 1. The van der Waals surface area contributed by atoms with Gasteiger partial charge in [0.25, 0.3) is 5.56 Å². The lowest BCUT2D eigenvalue weighted by Gasteiger charge is -2.11. The van der Waals surface area contributed by atoms with Gasteiger partial charge in [-0.25, -0.2) is 4.39 Å². The largest absolute Gasteiger partial charge is 0.324 e. The number of amides is 1. The lowest BCUT2D eigenvalue weighted by molar-refractivity contribution is -0.116. The molecule has 126 valence electrons. The first-order chi connectivity index (χ1) is 12.1. The third kappa shape index (κ3) is 4.58. The van der Waals surface area contributed by atoms with Crippen LogP contribution in [0.5, 0.6) is 0 Å². The van der Waals surface area contributed by atoms with Crippen LogP contribution in [0.15, 0.2) is 87.5 Å². The van der Waals surface area contributed by atoms with Crippen LogP contribution in [0.3, 0.4) is 0 Å². The Hall–Kier alpha value is -2.86. The van der Waals surface area contributed by atoms with Crippen LogP contribution in [0.2, 0.25) is 0 Å². The molecule has 0 spiro atoms. The standard InChI is InChI=1S/C19H15FN2O2S/c20-14-10-11-19(24)22(12-14)13-18(23)21-16-8-4-5-9-17(16)25-15-6-2-1-3-7-15/h1-12H,13H2,(H,21,23). The first-order valence-electron chi connectivity index (χ1n) is 7.59. The van der Waals surface area contributed by atoms with Crippen molar-refractivity contribution in [3.05, 3.63) is 89.1 Å². The summed E-state index contributed by atoms with van der Waals surface area (Å²) in [6.45, 7) is -0.249. The van der Waals surface area contributed by atoms with E-state index in [-0.39, 0.29) is 6.54 Å². The van der Waals surface area contributed by atoms with Crippen LogP contribution in [-0.4, -0.2) is 10.5 Å². The number of pyridine rings is 1. The number of rotatable bonds is 5. The number of hydrogen-bond acceptors (Lipinski definition) is 3. The molecule has 0 aliphatic rings. The van der Waals surface area contributed by atoms with Crippen molar-refractivity contribution in [1.82, 2.24) is 4.57 Å². The number of halogens is 1. The molecule has 3 aromatic rings. The van der Waals surface area contributed by atoms with Crippen LogP contribution >= 0.6 is 11.8 Å². The number of benzene rings is 2. The Morgan fingerprint density at radius 3 is 2.52 bits per heavy atom. The fourth-order valence-corrected chi connectivity index (χ4v) is 3.17. The van der Waals surface area contributed by atoms with E-state index in [1.807, 2.05) is 48.5 Å². The minimum Gasteiger partial charge on any atom is -0.324 e. The molecule has 1 N–H and O–H groups in total. The van der Waals surface area contributed by atoms with Crippen LogP contribution in [-0.2, 0) is 11.3 Å².